The molecular weight excluding hydrogens is 650 g/mol. The van der Waals surface area contributed by atoms with Crippen LogP contribution in [0, 0.1) is 0 Å². The van der Waals surface area contributed by atoms with Gasteiger partial charge in [0.2, 0.25) is 0 Å². The number of benzene rings is 2. The first-order valence-electron chi connectivity index (χ1n) is 12.8. The van der Waals surface area contributed by atoms with Crippen molar-refractivity contribution >= 4 is 17.6 Å². The predicted octanol–water partition coefficient (Wildman–Crippen LogP) is 2.92. The van der Waals surface area contributed by atoms with Crippen LogP contribution < -0.4 is 24.8 Å². The Hall–Kier alpha value is -0.413. The molecule has 0 aromatic heterocycles. The van der Waals surface area contributed by atoms with E-state index in [0.29, 0.717) is 0 Å². The Labute approximate surface area is 234 Å². The molecule has 0 amide bonds. The predicted molar refractivity (Wildman–Crippen MR) is 143 cm³/mol. The smallest absolute Gasteiger partial charge is 1.00 e. The summed E-state index contributed by atoms with van der Waals surface area (Å²) in [5, 5.41) is 0. The summed E-state index contributed by atoms with van der Waals surface area (Å²) in [6, 6.07) is 17.7. The van der Waals surface area contributed by atoms with Crippen molar-refractivity contribution in [1.82, 2.24) is 0 Å². The summed E-state index contributed by atoms with van der Waals surface area (Å²) >= 11 is -2.12. The third-order valence-electron chi connectivity index (χ3n) is 8.16. The van der Waals surface area contributed by atoms with Crippen LogP contribution in [0.25, 0.3) is 12.2 Å². The number of allylic oxidation sites excluding steroid dienone is 2. The quantitative estimate of drug-likeness (QED) is 0.426. The van der Waals surface area contributed by atoms with Crippen molar-refractivity contribution in [3.05, 3.63) is 80.9 Å². The molecule has 1 saturated heterocycles. The Bertz CT molecular complexity index is 1140. The molecule has 1 aliphatic heterocycles. The Morgan fingerprint density at radius 1 is 0.686 bits per heavy atom. The van der Waals surface area contributed by atoms with Gasteiger partial charge in [0.05, 0.1) is 0 Å². The topological polar surface area (TPSA) is 0 Å². The largest absolute Gasteiger partial charge is 1.00 e. The Morgan fingerprint density at radius 2 is 1.09 bits per heavy atom. The summed E-state index contributed by atoms with van der Waals surface area (Å²) in [5.41, 5.74) is 13.3. The van der Waals surface area contributed by atoms with Crippen molar-refractivity contribution in [1.29, 1.82) is 0 Å². The Kier molecular flexibility index (Phi) is 8.65. The molecule has 2 atom stereocenters. The van der Waals surface area contributed by atoms with Crippen molar-refractivity contribution in [2.45, 2.75) is 92.1 Å². The normalized spacial score (nSPS) is 20.4. The maximum Gasteiger partial charge on any atom is -1.00 e. The molecule has 0 radical (unpaired) electrons. The minimum atomic E-state index is -2.12. The molecule has 2 aromatic carbocycles. The van der Waals surface area contributed by atoms with E-state index in [1.807, 2.05) is 0 Å². The van der Waals surface area contributed by atoms with E-state index >= 15 is 0 Å². The second-order valence-electron chi connectivity index (χ2n) is 12.7. The molecule has 186 valence electrons. The number of fused-ring (bicyclic) bond motifs is 2. The van der Waals surface area contributed by atoms with Gasteiger partial charge in [-0.2, -0.15) is 0 Å². The van der Waals surface area contributed by atoms with Crippen LogP contribution in [0.4, 0.5) is 0 Å². The van der Waals surface area contributed by atoms with Gasteiger partial charge in [0.15, 0.2) is 0 Å². The Morgan fingerprint density at radius 3 is 1.40 bits per heavy atom. The summed E-state index contributed by atoms with van der Waals surface area (Å²) in [6.07, 6.45) is 6.71. The van der Waals surface area contributed by atoms with Crippen LogP contribution >= 0.6 is 0 Å². The zero-order valence-corrected chi connectivity index (χ0v) is 28.8. The standard InChI is InChI=1S/2C14H17.C3H6Si.2ClH.Hf/c2*1-10-8-11-6-5-7-13(12(11)9-10)14(2,3)4;1-2-4-3-1;;;/h2*5-9H,1-4H3;1-3H2;2*1H;/q;;;;;+2/p-2. The monoisotopic (exact) mass is 690 g/mol. The molecule has 2 aliphatic carbocycles. The fraction of sp³-hybridized carbons (Fsp3) is 0.484. The summed E-state index contributed by atoms with van der Waals surface area (Å²) in [5.74, 6) is 0. The molecule has 2 aromatic rings. The van der Waals surface area contributed by atoms with Crippen LogP contribution in [0.15, 0.2) is 47.5 Å². The van der Waals surface area contributed by atoms with E-state index < -0.39 is 20.1 Å². The van der Waals surface area contributed by atoms with Gasteiger partial charge in [-0.1, -0.05) is 0 Å². The first-order valence-corrected chi connectivity index (χ1v) is 24.3. The maximum atomic E-state index is 2.60. The van der Waals surface area contributed by atoms with Gasteiger partial charge < -0.3 is 24.8 Å². The van der Waals surface area contributed by atoms with Gasteiger partial charge in [-0.3, -0.25) is 0 Å². The van der Waals surface area contributed by atoms with Gasteiger partial charge in [0.25, 0.3) is 0 Å². The minimum Gasteiger partial charge on any atom is -1.00 e. The SMILES string of the molecule is CC1=Cc2c(cccc2C(C)(C)C)[CH]1[Hf+2]([CH]1C(C)=Cc2c1cccc2C(C)(C)C)=[Si]1CCC1.[Cl-].[Cl-]. The molecule has 3 aliphatic rings. The van der Waals surface area contributed by atoms with Gasteiger partial charge in [-0.05, 0) is 0 Å². The summed E-state index contributed by atoms with van der Waals surface area (Å²) in [7, 11) is 0. The number of halogens is 2. The van der Waals surface area contributed by atoms with Crippen LogP contribution in [0.3, 0.4) is 0 Å². The van der Waals surface area contributed by atoms with Crippen LogP contribution in [-0.4, -0.2) is 5.49 Å². The van der Waals surface area contributed by atoms with Crippen molar-refractivity contribution in [3.63, 3.8) is 0 Å². The van der Waals surface area contributed by atoms with Crippen molar-refractivity contribution in [2.75, 3.05) is 0 Å². The average Bonchev–Trinajstić information content (AvgIpc) is 3.18. The molecule has 4 heteroatoms. The summed E-state index contributed by atoms with van der Waals surface area (Å²) < 4.78 is 1.58. The van der Waals surface area contributed by atoms with Crippen LogP contribution in [0.2, 0.25) is 12.1 Å². The van der Waals surface area contributed by atoms with E-state index in [-0.39, 0.29) is 41.1 Å². The van der Waals surface area contributed by atoms with E-state index in [0.717, 1.165) is 7.35 Å². The summed E-state index contributed by atoms with van der Waals surface area (Å²) in [4.78, 5) is 0. The molecule has 0 spiro atoms. The molecule has 35 heavy (non-hydrogen) atoms. The molecular formula is C31H40Cl2HfSi. The van der Waals surface area contributed by atoms with E-state index in [1.54, 1.807) is 56.6 Å². The van der Waals surface area contributed by atoms with Crippen molar-refractivity contribution in [2.24, 2.45) is 0 Å². The maximum absolute atomic E-state index is 2.60. The van der Waals surface area contributed by atoms with E-state index in [2.05, 4.69) is 104 Å². The first kappa shape index (κ1) is 29.1. The Balaban J connectivity index is 0.00000171. The van der Waals surface area contributed by atoms with E-state index in [9.17, 15) is 0 Å². The molecule has 0 saturated carbocycles. The second kappa shape index (κ2) is 10.4. The third-order valence-corrected chi connectivity index (χ3v) is 39.8. The fourth-order valence-electron chi connectivity index (χ4n) is 6.46. The zero-order valence-electron chi connectivity index (χ0n) is 22.7. The van der Waals surface area contributed by atoms with Gasteiger partial charge in [0.1, 0.15) is 0 Å². The number of rotatable bonds is 2. The van der Waals surface area contributed by atoms with Crippen molar-refractivity contribution in [3.8, 4) is 0 Å². The first-order chi connectivity index (χ1) is 15.5. The molecule has 2 unspecified atom stereocenters. The van der Waals surface area contributed by atoms with Gasteiger partial charge in [0, 0.05) is 0 Å². The average molecular weight is 690 g/mol. The fourth-order valence-corrected chi connectivity index (χ4v) is 43.2. The van der Waals surface area contributed by atoms with Gasteiger partial charge in [-0.25, -0.2) is 0 Å². The molecule has 5 rings (SSSR count). The van der Waals surface area contributed by atoms with Crippen LogP contribution in [-0.2, 0) is 30.9 Å². The van der Waals surface area contributed by atoms with E-state index in [1.165, 1.54) is 6.42 Å². The van der Waals surface area contributed by atoms with Gasteiger partial charge in [-0.15, -0.1) is 0 Å². The number of hydrogen-bond acceptors (Lipinski definition) is 0. The molecule has 0 bridgehead atoms. The van der Waals surface area contributed by atoms with Crippen LogP contribution in [0.5, 0.6) is 0 Å². The van der Waals surface area contributed by atoms with Gasteiger partial charge >= 0.3 is 211 Å². The minimum absolute atomic E-state index is 0. The molecule has 0 N–H and O–H groups in total. The number of hydrogen-bond donors (Lipinski definition) is 0. The van der Waals surface area contributed by atoms with Crippen molar-refractivity contribution < 1.29 is 44.9 Å². The summed E-state index contributed by atoms with van der Waals surface area (Å²) in [6.45, 7) is 19.2. The second-order valence-corrected chi connectivity index (χ2v) is 34.6. The molecule has 1 fully saturated rings. The zero-order chi connectivity index (χ0) is 23.7. The van der Waals surface area contributed by atoms with Crippen LogP contribution in [0.1, 0.15) is 103 Å². The van der Waals surface area contributed by atoms with E-state index in [4.69, 9.17) is 0 Å². The molecule has 0 nitrogen and oxygen atoms in total. The molecule has 1 heterocycles. The third kappa shape index (κ3) is 5.03.